The van der Waals surface area contributed by atoms with Crippen molar-refractivity contribution in [2.45, 2.75) is 379 Å². The Morgan fingerprint density at radius 2 is 0.706 bits per heavy atom. The lowest BCUT2D eigenvalue weighted by Gasteiger charge is -2.40. The average Bonchev–Trinajstić information content (AvgIpc) is 3.46. The van der Waals surface area contributed by atoms with Crippen molar-refractivity contribution in [1.29, 1.82) is 0 Å². The van der Waals surface area contributed by atoms with Gasteiger partial charge in [0.1, 0.15) is 18.8 Å². The molecule has 6 unspecified atom stereocenters. The number of carboxylic acids is 1. The quantitative estimate of drug-likeness (QED) is 0.0228. The number of carboxylic acid groups (broad SMARTS) is 1. The Kier molecular flexibility index (Phi) is 57.1. The Morgan fingerprint density at radius 1 is 0.388 bits per heavy atom. The minimum atomic E-state index is -1.90. The highest BCUT2D eigenvalue weighted by Gasteiger charge is 2.50. The van der Waals surface area contributed by atoms with Crippen LogP contribution in [0.3, 0.4) is 0 Å². The smallest absolute Gasteiger partial charge is 0.335 e. The zero-order valence-corrected chi connectivity index (χ0v) is 54.9. The van der Waals surface area contributed by atoms with E-state index in [2.05, 4.69) is 69.4 Å². The molecule has 1 aliphatic rings. The van der Waals surface area contributed by atoms with Crippen molar-refractivity contribution < 1.29 is 58.2 Å². The maximum absolute atomic E-state index is 13.3. The van der Waals surface area contributed by atoms with Gasteiger partial charge in [-0.2, -0.15) is 0 Å². The van der Waals surface area contributed by atoms with Gasteiger partial charge >= 0.3 is 23.9 Å². The van der Waals surface area contributed by atoms with E-state index in [4.69, 9.17) is 23.7 Å². The fraction of sp³-hybridized carbons (Fsp3) is 0.836. The SMILES string of the molecule is CCCCC/C=C\C/C=C\CCCCCCCCCCCC(=O)OCC(COC1OC(C(=O)O)C(O)C(O)C1OC(=O)CCCCCCCCC/C=C\CCCCCCCC)OC(=O)CCCCCCCCCCC/C=C\CCCCCCCC. The number of allylic oxidation sites excluding steroid dienone is 8. The van der Waals surface area contributed by atoms with Crippen LogP contribution in [-0.4, -0.2) is 89.2 Å². The van der Waals surface area contributed by atoms with Crippen LogP contribution in [0.25, 0.3) is 0 Å². The number of rotatable bonds is 62. The zero-order valence-electron chi connectivity index (χ0n) is 54.9. The second kappa shape index (κ2) is 60.9. The number of carbonyl (C=O) groups is 4. The molecule has 1 aliphatic heterocycles. The van der Waals surface area contributed by atoms with Gasteiger partial charge in [-0.05, 0) is 103 Å². The number of hydrogen-bond donors (Lipinski definition) is 3. The van der Waals surface area contributed by atoms with Gasteiger partial charge in [-0.1, -0.05) is 268 Å². The molecule has 0 radical (unpaired) electrons. The first-order chi connectivity index (χ1) is 41.6. The molecule has 1 heterocycles. The van der Waals surface area contributed by atoms with Crippen LogP contribution < -0.4 is 0 Å². The van der Waals surface area contributed by atoms with Gasteiger partial charge in [0.25, 0.3) is 0 Å². The van der Waals surface area contributed by atoms with Crippen LogP contribution in [0.2, 0.25) is 0 Å². The summed E-state index contributed by atoms with van der Waals surface area (Å²) >= 11 is 0. The molecule has 12 nitrogen and oxygen atoms in total. The van der Waals surface area contributed by atoms with Gasteiger partial charge in [0.05, 0.1) is 6.61 Å². The summed E-state index contributed by atoms with van der Waals surface area (Å²) in [5.41, 5.74) is 0. The molecule has 0 spiro atoms. The molecule has 0 amide bonds. The van der Waals surface area contributed by atoms with Crippen LogP contribution in [0.1, 0.15) is 342 Å². The predicted octanol–water partition coefficient (Wildman–Crippen LogP) is 19.7. The molecule has 0 saturated carbocycles. The van der Waals surface area contributed by atoms with Crippen LogP contribution in [0, 0.1) is 0 Å². The summed E-state index contributed by atoms with van der Waals surface area (Å²) in [5.74, 6) is -3.10. The first kappa shape index (κ1) is 79.7. The molecule has 12 heteroatoms. The van der Waals surface area contributed by atoms with Crippen molar-refractivity contribution in [2.24, 2.45) is 0 Å². The van der Waals surface area contributed by atoms with Crippen molar-refractivity contribution in [3.05, 3.63) is 48.6 Å². The fourth-order valence-corrected chi connectivity index (χ4v) is 10.9. The number of aliphatic hydroxyl groups is 2. The largest absolute Gasteiger partial charge is 0.479 e. The van der Waals surface area contributed by atoms with Gasteiger partial charge in [-0.15, -0.1) is 0 Å². The molecular weight excluding hydrogens is 1070 g/mol. The molecule has 3 N–H and O–H groups in total. The number of ether oxygens (including phenoxy) is 5. The number of carbonyl (C=O) groups excluding carboxylic acids is 3. The molecule has 1 fully saturated rings. The summed E-state index contributed by atoms with van der Waals surface area (Å²) in [4.78, 5) is 51.5. The molecule has 494 valence electrons. The highest BCUT2D eigenvalue weighted by Crippen LogP contribution is 2.27. The molecule has 85 heavy (non-hydrogen) atoms. The minimum Gasteiger partial charge on any atom is -0.479 e. The topological polar surface area (TPSA) is 175 Å². The fourth-order valence-electron chi connectivity index (χ4n) is 10.9. The van der Waals surface area contributed by atoms with Gasteiger partial charge in [0.2, 0.25) is 0 Å². The molecule has 0 aliphatic carbocycles. The van der Waals surface area contributed by atoms with E-state index in [0.717, 1.165) is 83.5 Å². The Labute approximate surface area is 520 Å². The van der Waals surface area contributed by atoms with Gasteiger partial charge < -0.3 is 39.0 Å². The van der Waals surface area contributed by atoms with Gasteiger partial charge in [-0.25, -0.2) is 4.79 Å². The molecule has 1 saturated heterocycles. The summed E-state index contributed by atoms with van der Waals surface area (Å²) in [6.07, 6.45) is 63.4. The van der Waals surface area contributed by atoms with Crippen LogP contribution >= 0.6 is 0 Å². The lowest BCUT2D eigenvalue weighted by molar-refractivity contribution is -0.301. The lowest BCUT2D eigenvalue weighted by atomic mass is 9.98. The number of aliphatic carboxylic acids is 1. The monoisotopic (exact) mass is 1200 g/mol. The molecule has 1 rings (SSSR count). The summed E-state index contributed by atoms with van der Waals surface area (Å²) in [7, 11) is 0. The van der Waals surface area contributed by atoms with E-state index in [0.29, 0.717) is 19.3 Å². The third kappa shape index (κ3) is 50.3. The summed E-state index contributed by atoms with van der Waals surface area (Å²) in [5, 5.41) is 31.7. The predicted molar refractivity (Wildman–Crippen MR) is 349 cm³/mol. The number of esters is 3. The van der Waals surface area contributed by atoms with Crippen LogP contribution in [0.5, 0.6) is 0 Å². The van der Waals surface area contributed by atoms with E-state index in [1.54, 1.807) is 0 Å². The highest BCUT2D eigenvalue weighted by molar-refractivity contribution is 5.74. The van der Waals surface area contributed by atoms with E-state index < -0.39 is 67.3 Å². The number of hydrogen-bond acceptors (Lipinski definition) is 11. The van der Waals surface area contributed by atoms with Crippen LogP contribution in [0.4, 0.5) is 0 Å². The standard InChI is InChI=1S/C73H130O12/c1-4-7-10-13-16-19-22-25-28-31-33-36-38-41-44-47-50-53-56-59-65(74)81-62-64(83-66(75)60-57-54-51-48-45-42-40-37-34-32-29-26-23-20-17-14-11-8-5-2)63-82-73-71(69(78)68(77)70(85-73)72(79)80)84-67(76)61-58-55-52-49-46-43-39-35-30-27-24-21-18-15-12-9-6-3/h16,19,25-30,64,68-71,73,77-78H,4-15,17-18,20-24,31-63H2,1-3H3,(H,79,80)/b19-16-,28-25-,29-26-,30-27-. The number of unbranched alkanes of at least 4 members (excludes halogenated alkanes) is 40. The van der Waals surface area contributed by atoms with Crippen molar-refractivity contribution in [2.75, 3.05) is 13.2 Å². The maximum Gasteiger partial charge on any atom is 0.335 e. The highest BCUT2D eigenvalue weighted by atomic mass is 16.7. The second-order valence-electron chi connectivity index (χ2n) is 24.5. The summed E-state index contributed by atoms with van der Waals surface area (Å²) in [6, 6.07) is 0. The molecule has 0 aromatic carbocycles. The maximum atomic E-state index is 13.3. The zero-order chi connectivity index (χ0) is 61.7. The molecule has 6 atom stereocenters. The molecule has 0 aromatic rings. The summed E-state index contributed by atoms with van der Waals surface area (Å²) < 4.78 is 28.6. The van der Waals surface area contributed by atoms with E-state index in [1.807, 2.05) is 0 Å². The van der Waals surface area contributed by atoms with Gasteiger partial charge in [0, 0.05) is 19.3 Å². The Bertz CT molecular complexity index is 1660. The number of aliphatic hydroxyl groups excluding tert-OH is 2. The Hall–Kier alpha value is -3.32. The Balaban J connectivity index is 2.63. The average molecular weight is 1200 g/mol. The molecule has 0 aromatic heterocycles. The van der Waals surface area contributed by atoms with Crippen molar-refractivity contribution in [1.82, 2.24) is 0 Å². The first-order valence-electron chi connectivity index (χ1n) is 35.6. The van der Waals surface area contributed by atoms with Crippen LogP contribution in [-0.2, 0) is 42.9 Å². The van der Waals surface area contributed by atoms with Gasteiger partial charge in [-0.3, -0.25) is 14.4 Å². The minimum absolute atomic E-state index is 0.0572. The first-order valence-corrected chi connectivity index (χ1v) is 35.6. The van der Waals surface area contributed by atoms with Crippen molar-refractivity contribution >= 4 is 23.9 Å². The van der Waals surface area contributed by atoms with Gasteiger partial charge in [0.15, 0.2) is 24.6 Å². The van der Waals surface area contributed by atoms with E-state index in [9.17, 15) is 34.5 Å². The second-order valence-corrected chi connectivity index (χ2v) is 24.5. The molecule has 0 bridgehead atoms. The van der Waals surface area contributed by atoms with E-state index >= 15 is 0 Å². The lowest BCUT2D eigenvalue weighted by Crippen LogP contribution is -2.61. The normalized spacial score (nSPS) is 17.7. The third-order valence-corrected chi connectivity index (χ3v) is 16.3. The van der Waals surface area contributed by atoms with Crippen molar-refractivity contribution in [3.8, 4) is 0 Å². The third-order valence-electron chi connectivity index (χ3n) is 16.3. The van der Waals surface area contributed by atoms with E-state index in [1.165, 1.54) is 199 Å². The van der Waals surface area contributed by atoms with Crippen LogP contribution in [0.15, 0.2) is 48.6 Å². The van der Waals surface area contributed by atoms with E-state index in [-0.39, 0.29) is 25.9 Å². The molecular formula is C73H130O12. The summed E-state index contributed by atoms with van der Waals surface area (Å²) in [6.45, 7) is 6.02. The van der Waals surface area contributed by atoms with Crippen molar-refractivity contribution in [3.63, 3.8) is 0 Å². The Morgan fingerprint density at radius 3 is 1.09 bits per heavy atom.